The second kappa shape index (κ2) is 6.26. The van der Waals surface area contributed by atoms with Crippen molar-refractivity contribution in [3.63, 3.8) is 0 Å². The van der Waals surface area contributed by atoms with Crippen molar-refractivity contribution in [1.82, 2.24) is 0 Å². The summed E-state index contributed by atoms with van der Waals surface area (Å²) in [6.45, 7) is 2.48. The lowest BCUT2D eigenvalue weighted by Gasteiger charge is -2.07. The molecular weight excluding hydrogens is 278 g/mol. The normalized spacial score (nSPS) is 15.6. The minimum absolute atomic E-state index is 0.429. The number of hydrogen-bond acceptors (Lipinski definition) is 4. The molecule has 22 heavy (non-hydrogen) atoms. The summed E-state index contributed by atoms with van der Waals surface area (Å²) in [4.78, 5) is 16.8. The Morgan fingerprint density at radius 1 is 1.09 bits per heavy atom. The lowest BCUT2D eigenvalue weighted by Crippen LogP contribution is -2.07. The summed E-state index contributed by atoms with van der Waals surface area (Å²) in [6.07, 6.45) is 1.76. The van der Waals surface area contributed by atoms with E-state index in [9.17, 15) is 4.79 Å². The average molecular weight is 293 g/mol. The SMILES string of the molecule is CCOc1ccccc1/C=C1\C(=O)ON=C1c1ccccc1. The molecule has 4 heteroatoms. The third kappa shape index (κ3) is 2.76. The third-order valence-corrected chi connectivity index (χ3v) is 3.26. The van der Waals surface area contributed by atoms with Crippen LogP contribution in [0.25, 0.3) is 6.08 Å². The predicted octanol–water partition coefficient (Wildman–Crippen LogP) is 3.43. The van der Waals surface area contributed by atoms with Crippen molar-refractivity contribution < 1.29 is 14.4 Å². The second-order valence-corrected chi connectivity index (χ2v) is 4.71. The lowest BCUT2D eigenvalue weighted by atomic mass is 10.0. The van der Waals surface area contributed by atoms with Crippen molar-refractivity contribution in [1.29, 1.82) is 0 Å². The smallest absolute Gasteiger partial charge is 0.368 e. The molecule has 3 rings (SSSR count). The number of oxime groups is 1. The fraction of sp³-hybridized carbons (Fsp3) is 0.111. The van der Waals surface area contributed by atoms with Crippen LogP contribution in [0, 0.1) is 0 Å². The number of benzene rings is 2. The maximum atomic E-state index is 12.0. The first kappa shape index (κ1) is 14.1. The molecule has 0 bridgehead atoms. The summed E-state index contributed by atoms with van der Waals surface area (Å²) in [7, 11) is 0. The Kier molecular flexibility index (Phi) is 4.01. The molecule has 0 spiro atoms. The minimum atomic E-state index is -0.454. The van der Waals surface area contributed by atoms with Crippen LogP contribution in [0.4, 0.5) is 0 Å². The minimum Gasteiger partial charge on any atom is -0.493 e. The first-order chi connectivity index (χ1) is 10.8. The number of rotatable bonds is 4. The van der Waals surface area contributed by atoms with Gasteiger partial charge < -0.3 is 9.57 Å². The lowest BCUT2D eigenvalue weighted by molar-refractivity contribution is -0.136. The number of carbonyl (C=O) groups is 1. The summed E-state index contributed by atoms with van der Waals surface area (Å²) in [6, 6.07) is 17.0. The van der Waals surface area contributed by atoms with E-state index in [1.54, 1.807) is 6.08 Å². The molecule has 0 saturated heterocycles. The number of carbonyl (C=O) groups excluding carboxylic acids is 1. The van der Waals surface area contributed by atoms with E-state index in [1.807, 2.05) is 61.5 Å². The number of hydrogen-bond donors (Lipinski definition) is 0. The van der Waals surface area contributed by atoms with Gasteiger partial charge in [-0.05, 0) is 19.1 Å². The molecule has 0 aromatic heterocycles. The van der Waals surface area contributed by atoms with E-state index in [4.69, 9.17) is 9.57 Å². The van der Waals surface area contributed by atoms with Gasteiger partial charge in [0.25, 0.3) is 0 Å². The van der Waals surface area contributed by atoms with Crippen molar-refractivity contribution in [2.45, 2.75) is 6.92 Å². The van der Waals surface area contributed by atoms with Crippen molar-refractivity contribution in [3.8, 4) is 5.75 Å². The molecule has 0 radical (unpaired) electrons. The molecule has 0 atom stereocenters. The molecule has 0 amide bonds. The van der Waals surface area contributed by atoms with E-state index in [0.29, 0.717) is 17.9 Å². The highest BCUT2D eigenvalue weighted by Crippen LogP contribution is 2.25. The number of para-hydroxylation sites is 1. The van der Waals surface area contributed by atoms with Crippen LogP contribution in [-0.2, 0) is 9.63 Å². The molecule has 0 N–H and O–H groups in total. The highest BCUT2D eigenvalue weighted by Gasteiger charge is 2.26. The van der Waals surface area contributed by atoms with Gasteiger partial charge in [0.2, 0.25) is 0 Å². The topological polar surface area (TPSA) is 47.9 Å². The molecule has 0 unspecified atom stereocenters. The van der Waals surface area contributed by atoms with Gasteiger partial charge in [-0.25, -0.2) is 4.79 Å². The van der Waals surface area contributed by atoms with E-state index in [0.717, 1.165) is 16.9 Å². The van der Waals surface area contributed by atoms with Gasteiger partial charge in [0.15, 0.2) is 0 Å². The zero-order valence-corrected chi connectivity index (χ0v) is 12.2. The van der Waals surface area contributed by atoms with Gasteiger partial charge in [-0.2, -0.15) is 0 Å². The van der Waals surface area contributed by atoms with Crippen molar-refractivity contribution in [2.75, 3.05) is 6.61 Å². The molecule has 2 aromatic rings. The fourth-order valence-corrected chi connectivity index (χ4v) is 2.26. The van der Waals surface area contributed by atoms with E-state index >= 15 is 0 Å². The molecule has 1 aliphatic rings. The highest BCUT2D eigenvalue weighted by molar-refractivity contribution is 6.31. The van der Waals surface area contributed by atoms with Gasteiger partial charge in [-0.1, -0.05) is 53.7 Å². The molecule has 4 nitrogen and oxygen atoms in total. The zero-order chi connectivity index (χ0) is 15.4. The maximum Gasteiger partial charge on any atom is 0.368 e. The average Bonchev–Trinajstić information content (AvgIpc) is 2.91. The maximum absolute atomic E-state index is 12.0. The predicted molar refractivity (Wildman–Crippen MR) is 84.7 cm³/mol. The standard InChI is InChI=1S/C18H15NO3/c1-2-21-16-11-7-6-10-14(16)12-15-17(19-22-18(15)20)13-8-4-3-5-9-13/h3-12H,2H2,1H3/b15-12-. The van der Waals surface area contributed by atoms with Gasteiger partial charge in [-0.15, -0.1) is 0 Å². The van der Waals surface area contributed by atoms with Crippen molar-refractivity contribution in [3.05, 3.63) is 71.3 Å². The van der Waals surface area contributed by atoms with Crippen LogP contribution in [0.5, 0.6) is 5.75 Å². The van der Waals surface area contributed by atoms with Crippen molar-refractivity contribution >= 4 is 17.8 Å². The molecule has 110 valence electrons. The monoisotopic (exact) mass is 293 g/mol. The van der Waals surface area contributed by atoms with Crippen LogP contribution in [0.3, 0.4) is 0 Å². The molecule has 0 saturated carbocycles. The van der Waals surface area contributed by atoms with E-state index < -0.39 is 5.97 Å². The Morgan fingerprint density at radius 2 is 1.82 bits per heavy atom. The van der Waals surface area contributed by atoms with E-state index in [1.165, 1.54) is 0 Å². The van der Waals surface area contributed by atoms with Crippen LogP contribution < -0.4 is 4.74 Å². The largest absolute Gasteiger partial charge is 0.493 e. The van der Waals surface area contributed by atoms with Gasteiger partial charge in [-0.3, -0.25) is 0 Å². The quantitative estimate of drug-likeness (QED) is 0.641. The van der Waals surface area contributed by atoms with Crippen LogP contribution in [-0.4, -0.2) is 18.3 Å². The first-order valence-corrected chi connectivity index (χ1v) is 7.08. The van der Waals surface area contributed by atoms with E-state index in [2.05, 4.69) is 5.16 Å². The Labute approximate surface area is 128 Å². The van der Waals surface area contributed by atoms with Gasteiger partial charge in [0, 0.05) is 11.1 Å². The molecule has 0 aliphatic carbocycles. The van der Waals surface area contributed by atoms with Crippen LogP contribution >= 0.6 is 0 Å². The van der Waals surface area contributed by atoms with Crippen LogP contribution in [0.1, 0.15) is 18.1 Å². The number of ether oxygens (including phenoxy) is 1. The summed E-state index contributed by atoms with van der Waals surface area (Å²) < 4.78 is 5.59. The summed E-state index contributed by atoms with van der Waals surface area (Å²) >= 11 is 0. The molecule has 1 heterocycles. The first-order valence-electron chi connectivity index (χ1n) is 7.08. The van der Waals surface area contributed by atoms with Gasteiger partial charge in [0.05, 0.1) is 12.2 Å². The number of nitrogens with zero attached hydrogens (tertiary/aromatic N) is 1. The van der Waals surface area contributed by atoms with Gasteiger partial charge in [0.1, 0.15) is 11.5 Å². The Bertz CT molecular complexity index is 748. The molecular formula is C18H15NO3. The van der Waals surface area contributed by atoms with Crippen LogP contribution in [0.15, 0.2) is 65.3 Å². The van der Waals surface area contributed by atoms with Gasteiger partial charge >= 0.3 is 5.97 Å². The summed E-state index contributed by atoms with van der Waals surface area (Å²) in [5.74, 6) is 0.273. The Morgan fingerprint density at radius 3 is 2.59 bits per heavy atom. The van der Waals surface area contributed by atoms with Crippen molar-refractivity contribution in [2.24, 2.45) is 5.16 Å². The van der Waals surface area contributed by atoms with E-state index in [-0.39, 0.29) is 0 Å². The molecule has 2 aromatic carbocycles. The summed E-state index contributed by atoms with van der Waals surface area (Å²) in [5, 5.41) is 3.90. The highest BCUT2D eigenvalue weighted by atomic mass is 16.7. The molecule has 0 fully saturated rings. The third-order valence-electron chi connectivity index (χ3n) is 3.26. The zero-order valence-electron chi connectivity index (χ0n) is 12.2. The Hall–Kier alpha value is -2.88. The fourth-order valence-electron chi connectivity index (χ4n) is 2.26. The second-order valence-electron chi connectivity index (χ2n) is 4.71. The Balaban J connectivity index is 2.02. The summed E-state index contributed by atoms with van der Waals surface area (Å²) in [5.41, 5.74) is 2.63. The molecule has 1 aliphatic heterocycles. The van der Waals surface area contributed by atoms with Crippen LogP contribution in [0.2, 0.25) is 0 Å².